The number of rotatable bonds is 4. The van der Waals surface area contributed by atoms with E-state index in [2.05, 4.69) is 0 Å². The van der Waals surface area contributed by atoms with E-state index in [0.717, 1.165) is 0 Å². The van der Waals surface area contributed by atoms with Crippen molar-refractivity contribution in [2.24, 2.45) is 0 Å². The molecule has 0 aliphatic rings. The van der Waals surface area contributed by atoms with Crippen LogP contribution < -0.4 is 10.6 Å². The van der Waals surface area contributed by atoms with E-state index in [1.807, 2.05) is 10.6 Å². The molecule has 0 aromatic heterocycles. The topological polar surface area (TPSA) is 119 Å². The van der Waals surface area contributed by atoms with Crippen LogP contribution in [0.4, 0.5) is 9.59 Å². The van der Waals surface area contributed by atoms with Gasteiger partial charge in [-0.2, -0.15) is 0 Å². The molecule has 0 rings (SSSR count). The quantitative estimate of drug-likeness (QED) is 0.373. The molecular weight excluding hydrogens is 168 g/mol. The van der Waals surface area contributed by atoms with Gasteiger partial charge in [0.15, 0.2) is 0 Å². The number of nitrogens with one attached hydrogen (secondary N) is 2. The monoisotopic (exact) mass is 178 g/mol. The van der Waals surface area contributed by atoms with Crippen molar-refractivity contribution in [3.63, 3.8) is 0 Å². The molecule has 0 aromatic carbocycles. The van der Waals surface area contributed by atoms with Gasteiger partial charge in [-0.3, -0.25) is 0 Å². The number of hydrogen-bond acceptors (Lipinski definition) is 3. The lowest BCUT2D eigenvalue weighted by Gasteiger charge is -2.09. The Morgan fingerprint density at radius 3 is 1.67 bits per heavy atom. The summed E-state index contributed by atoms with van der Waals surface area (Å²) in [5, 5.41) is 28.9. The van der Waals surface area contributed by atoms with E-state index >= 15 is 0 Å². The van der Waals surface area contributed by atoms with Crippen molar-refractivity contribution >= 4 is 12.2 Å². The van der Waals surface area contributed by atoms with Crippen molar-refractivity contribution in [2.45, 2.75) is 6.10 Å². The van der Waals surface area contributed by atoms with Crippen LogP contribution in [0, 0.1) is 0 Å². The Morgan fingerprint density at radius 1 is 1.08 bits per heavy atom. The van der Waals surface area contributed by atoms with Gasteiger partial charge in [0.25, 0.3) is 0 Å². The Labute approximate surface area is 68.0 Å². The minimum Gasteiger partial charge on any atom is -0.465 e. The lowest BCUT2D eigenvalue weighted by Crippen LogP contribution is -2.39. The predicted octanol–water partition coefficient (Wildman–Crippen LogP) is -1.12. The molecule has 0 saturated carbocycles. The molecule has 0 spiro atoms. The van der Waals surface area contributed by atoms with Gasteiger partial charge in [0.2, 0.25) is 0 Å². The first-order valence-electron chi connectivity index (χ1n) is 3.14. The molecule has 2 amide bonds. The molecule has 7 nitrogen and oxygen atoms in total. The Hall–Kier alpha value is -1.50. The van der Waals surface area contributed by atoms with E-state index in [9.17, 15) is 9.59 Å². The van der Waals surface area contributed by atoms with Gasteiger partial charge >= 0.3 is 12.2 Å². The number of hydrogen-bond donors (Lipinski definition) is 5. The van der Waals surface area contributed by atoms with Crippen molar-refractivity contribution in [1.82, 2.24) is 10.6 Å². The van der Waals surface area contributed by atoms with Gasteiger partial charge in [-0.25, -0.2) is 9.59 Å². The third-order valence-electron chi connectivity index (χ3n) is 0.978. The highest BCUT2D eigenvalue weighted by Crippen LogP contribution is 1.77. The van der Waals surface area contributed by atoms with E-state index in [-0.39, 0.29) is 13.1 Å². The molecule has 0 unspecified atom stereocenters. The maximum absolute atomic E-state index is 9.88. The lowest BCUT2D eigenvalue weighted by atomic mass is 10.3. The summed E-state index contributed by atoms with van der Waals surface area (Å²) in [7, 11) is 0. The first-order valence-corrected chi connectivity index (χ1v) is 3.14. The van der Waals surface area contributed by atoms with Crippen LogP contribution in [0.15, 0.2) is 0 Å². The zero-order valence-electron chi connectivity index (χ0n) is 6.15. The van der Waals surface area contributed by atoms with Crippen LogP contribution in [0.25, 0.3) is 0 Å². The van der Waals surface area contributed by atoms with Crippen LogP contribution in [0.5, 0.6) is 0 Å². The van der Waals surface area contributed by atoms with E-state index < -0.39 is 18.3 Å². The largest absolute Gasteiger partial charge is 0.465 e. The highest BCUT2D eigenvalue weighted by atomic mass is 16.4. The summed E-state index contributed by atoms with van der Waals surface area (Å²) < 4.78 is 0. The average Bonchev–Trinajstić information content (AvgIpc) is 1.96. The molecule has 0 aromatic rings. The number of aliphatic hydroxyl groups excluding tert-OH is 1. The smallest absolute Gasteiger partial charge is 0.404 e. The van der Waals surface area contributed by atoms with Gasteiger partial charge in [-0.05, 0) is 0 Å². The van der Waals surface area contributed by atoms with Crippen molar-refractivity contribution in [3.8, 4) is 0 Å². The van der Waals surface area contributed by atoms with Crippen molar-refractivity contribution in [1.29, 1.82) is 0 Å². The van der Waals surface area contributed by atoms with Crippen molar-refractivity contribution in [2.75, 3.05) is 13.1 Å². The van der Waals surface area contributed by atoms with Gasteiger partial charge in [0.05, 0.1) is 6.10 Å². The van der Waals surface area contributed by atoms with Crippen LogP contribution >= 0.6 is 0 Å². The molecule has 0 atom stereocenters. The first-order chi connectivity index (χ1) is 5.52. The minimum absolute atomic E-state index is 0.199. The predicted molar refractivity (Wildman–Crippen MR) is 38.1 cm³/mol. The maximum atomic E-state index is 9.88. The van der Waals surface area contributed by atoms with Crippen LogP contribution in [-0.2, 0) is 0 Å². The Morgan fingerprint density at radius 2 is 1.42 bits per heavy atom. The molecular formula is C5H10N2O5. The summed E-state index contributed by atoms with van der Waals surface area (Å²) >= 11 is 0. The molecule has 12 heavy (non-hydrogen) atoms. The molecule has 0 bridgehead atoms. The van der Waals surface area contributed by atoms with Gasteiger partial charge in [-0.1, -0.05) is 0 Å². The average molecular weight is 178 g/mol. The second-order valence-electron chi connectivity index (χ2n) is 2.03. The summed E-state index contributed by atoms with van der Waals surface area (Å²) in [6.07, 6.45) is -3.56. The molecule has 0 aliphatic carbocycles. The zero-order valence-corrected chi connectivity index (χ0v) is 6.15. The van der Waals surface area contributed by atoms with Crippen molar-refractivity contribution in [3.05, 3.63) is 0 Å². The first kappa shape index (κ1) is 10.5. The van der Waals surface area contributed by atoms with Crippen LogP contribution in [0.2, 0.25) is 0 Å². The number of carbonyl (C=O) groups is 2. The summed E-state index contributed by atoms with van der Waals surface area (Å²) in [6, 6.07) is 0. The van der Waals surface area contributed by atoms with Gasteiger partial charge in [-0.15, -0.1) is 0 Å². The summed E-state index contributed by atoms with van der Waals surface area (Å²) in [5.74, 6) is 0. The summed E-state index contributed by atoms with van der Waals surface area (Å²) in [5.41, 5.74) is 0. The SMILES string of the molecule is O=C(O)NCC(O)CNC(=O)O. The fraction of sp³-hybridized carbons (Fsp3) is 0.600. The van der Waals surface area contributed by atoms with E-state index in [0.29, 0.717) is 0 Å². The second-order valence-corrected chi connectivity index (χ2v) is 2.03. The summed E-state index contributed by atoms with van der Waals surface area (Å²) in [6.45, 7) is -0.398. The van der Waals surface area contributed by atoms with Crippen LogP contribution in [0.1, 0.15) is 0 Å². The molecule has 0 heterocycles. The Kier molecular flexibility index (Phi) is 4.54. The standard InChI is InChI=1S/C5H10N2O5/c8-3(1-6-4(9)10)2-7-5(11)12/h3,6-8H,1-2H2,(H,9,10)(H,11,12). The fourth-order valence-electron chi connectivity index (χ4n) is 0.482. The van der Waals surface area contributed by atoms with E-state index in [4.69, 9.17) is 15.3 Å². The molecule has 70 valence electrons. The minimum atomic E-state index is -1.26. The van der Waals surface area contributed by atoms with Gasteiger partial charge in [0, 0.05) is 13.1 Å². The van der Waals surface area contributed by atoms with Gasteiger partial charge < -0.3 is 26.0 Å². The Bertz CT molecular complexity index is 153. The molecule has 5 N–H and O–H groups in total. The van der Waals surface area contributed by atoms with Crippen LogP contribution in [0.3, 0.4) is 0 Å². The maximum Gasteiger partial charge on any atom is 0.404 e. The molecule has 0 radical (unpaired) electrons. The molecule has 0 aliphatic heterocycles. The van der Waals surface area contributed by atoms with E-state index in [1.54, 1.807) is 0 Å². The third-order valence-corrected chi connectivity index (χ3v) is 0.978. The van der Waals surface area contributed by atoms with E-state index in [1.165, 1.54) is 0 Å². The third kappa shape index (κ3) is 6.62. The highest BCUT2D eigenvalue weighted by molar-refractivity contribution is 5.65. The molecule has 0 saturated heterocycles. The normalized spacial score (nSPS) is 9.50. The number of aliphatic hydroxyl groups is 1. The van der Waals surface area contributed by atoms with Crippen molar-refractivity contribution < 1.29 is 24.9 Å². The zero-order chi connectivity index (χ0) is 9.56. The van der Waals surface area contributed by atoms with Crippen LogP contribution in [-0.4, -0.2) is 46.7 Å². The highest BCUT2D eigenvalue weighted by Gasteiger charge is 2.06. The number of amides is 2. The fourth-order valence-corrected chi connectivity index (χ4v) is 0.482. The van der Waals surface area contributed by atoms with Gasteiger partial charge in [0.1, 0.15) is 0 Å². The number of carboxylic acid groups (broad SMARTS) is 2. The summed E-state index contributed by atoms with van der Waals surface area (Å²) in [4.78, 5) is 19.8. The second kappa shape index (κ2) is 5.19. The Balaban J connectivity index is 3.39. The molecule has 7 heteroatoms. The molecule has 0 fully saturated rings. The lowest BCUT2D eigenvalue weighted by molar-refractivity contribution is 0.148.